The van der Waals surface area contributed by atoms with Crippen molar-refractivity contribution in [2.75, 3.05) is 12.3 Å². The average molecular weight is 324 g/mol. The normalized spacial score (nSPS) is 20.7. The van der Waals surface area contributed by atoms with Gasteiger partial charge in [-0.15, -0.1) is 0 Å². The van der Waals surface area contributed by atoms with Crippen LogP contribution in [0.3, 0.4) is 0 Å². The molecular formula is C16H24N2O3S. The smallest absolute Gasteiger partial charge is 0.238 e. The van der Waals surface area contributed by atoms with Gasteiger partial charge in [-0.3, -0.25) is 4.79 Å². The molecule has 0 saturated carbocycles. The van der Waals surface area contributed by atoms with Gasteiger partial charge < -0.3 is 5.32 Å². The molecule has 0 aromatic heterocycles. The minimum Gasteiger partial charge on any atom is -0.348 e. The summed E-state index contributed by atoms with van der Waals surface area (Å²) in [4.78, 5) is 12.5. The first kappa shape index (κ1) is 17.0. The predicted molar refractivity (Wildman–Crippen MR) is 86.8 cm³/mol. The molecule has 0 unspecified atom stereocenters. The highest BCUT2D eigenvalue weighted by Gasteiger charge is 2.38. The maximum atomic E-state index is 12.5. The lowest BCUT2D eigenvalue weighted by Crippen LogP contribution is -2.47. The van der Waals surface area contributed by atoms with E-state index in [1.54, 1.807) is 0 Å². The highest BCUT2D eigenvalue weighted by molar-refractivity contribution is 7.89. The van der Waals surface area contributed by atoms with Crippen LogP contribution in [0.15, 0.2) is 30.3 Å². The fraction of sp³-hybridized carbons (Fsp3) is 0.562. The topological polar surface area (TPSA) is 66.5 Å². The van der Waals surface area contributed by atoms with E-state index >= 15 is 0 Å². The molecule has 1 fully saturated rings. The Balaban J connectivity index is 2.05. The summed E-state index contributed by atoms with van der Waals surface area (Å²) >= 11 is 0. The maximum Gasteiger partial charge on any atom is 0.238 e. The molecule has 6 heteroatoms. The molecule has 2 rings (SSSR count). The van der Waals surface area contributed by atoms with Crippen LogP contribution in [0.1, 0.15) is 44.7 Å². The van der Waals surface area contributed by atoms with Gasteiger partial charge in [0.25, 0.3) is 0 Å². The minimum atomic E-state index is -3.33. The predicted octanol–water partition coefficient (Wildman–Crippen LogP) is 2.07. The Morgan fingerprint density at radius 2 is 2.05 bits per heavy atom. The number of carbonyl (C=O) groups excluding carboxylic acids is 1. The molecule has 0 radical (unpaired) electrons. The number of rotatable bonds is 6. The SMILES string of the molecule is CCCS(=O)(=O)N1CCC[C@H]1C(=O)N[C@H](C)c1ccccc1. The first-order valence-corrected chi connectivity index (χ1v) is 9.41. The fourth-order valence-corrected chi connectivity index (χ4v) is 4.59. The van der Waals surface area contributed by atoms with Crippen molar-refractivity contribution in [3.8, 4) is 0 Å². The van der Waals surface area contributed by atoms with Gasteiger partial charge in [0.05, 0.1) is 11.8 Å². The van der Waals surface area contributed by atoms with Crippen LogP contribution in [0.25, 0.3) is 0 Å². The first-order valence-electron chi connectivity index (χ1n) is 7.80. The van der Waals surface area contributed by atoms with E-state index in [4.69, 9.17) is 0 Å². The molecule has 1 amide bonds. The van der Waals surface area contributed by atoms with E-state index in [9.17, 15) is 13.2 Å². The number of sulfonamides is 1. The number of benzene rings is 1. The highest BCUT2D eigenvalue weighted by atomic mass is 32.2. The second-order valence-corrected chi connectivity index (χ2v) is 7.77. The van der Waals surface area contributed by atoms with Gasteiger partial charge in [0.15, 0.2) is 0 Å². The van der Waals surface area contributed by atoms with Crippen LogP contribution >= 0.6 is 0 Å². The van der Waals surface area contributed by atoms with Crippen molar-refractivity contribution in [2.24, 2.45) is 0 Å². The molecule has 1 aliphatic heterocycles. The van der Waals surface area contributed by atoms with Gasteiger partial charge in [-0.1, -0.05) is 37.3 Å². The van der Waals surface area contributed by atoms with Crippen LogP contribution in [0, 0.1) is 0 Å². The number of carbonyl (C=O) groups is 1. The van der Waals surface area contributed by atoms with Gasteiger partial charge in [-0.25, -0.2) is 8.42 Å². The molecule has 122 valence electrons. The van der Waals surface area contributed by atoms with Crippen molar-refractivity contribution in [3.05, 3.63) is 35.9 Å². The molecule has 1 aromatic carbocycles. The Morgan fingerprint density at radius 1 is 1.36 bits per heavy atom. The zero-order valence-corrected chi connectivity index (χ0v) is 14.0. The monoisotopic (exact) mass is 324 g/mol. The molecule has 1 saturated heterocycles. The average Bonchev–Trinajstić information content (AvgIpc) is 2.98. The summed E-state index contributed by atoms with van der Waals surface area (Å²) in [6.45, 7) is 4.19. The molecule has 1 N–H and O–H groups in total. The molecule has 0 spiro atoms. The van der Waals surface area contributed by atoms with Gasteiger partial charge in [-0.05, 0) is 31.7 Å². The Labute approximate surface area is 132 Å². The third-order valence-electron chi connectivity index (χ3n) is 3.98. The van der Waals surface area contributed by atoms with Crippen molar-refractivity contribution in [2.45, 2.75) is 45.2 Å². The van der Waals surface area contributed by atoms with E-state index in [0.717, 1.165) is 12.0 Å². The fourth-order valence-electron chi connectivity index (χ4n) is 2.84. The number of nitrogens with zero attached hydrogens (tertiary/aromatic N) is 1. The van der Waals surface area contributed by atoms with Crippen LogP contribution in [-0.2, 0) is 14.8 Å². The Morgan fingerprint density at radius 3 is 2.68 bits per heavy atom. The number of hydrogen-bond acceptors (Lipinski definition) is 3. The van der Waals surface area contributed by atoms with E-state index in [0.29, 0.717) is 19.4 Å². The third kappa shape index (κ3) is 3.87. The van der Waals surface area contributed by atoms with Crippen LogP contribution < -0.4 is 5.32 Å². The van der Waals surface area contributed by atoms with Crippen LogP contribution in [0.5, 0.6) is 0 Å². The summed E-state index contributed by atoms with van der Waals surface area (Å²) in [7, 11) is -3.33. The number of nitrogens with one attached hydrogen (secondary N) is 1. The van der Waals surface area contributed by atoms with Crippen molar-refractivity contribution < 1.29 is 13.2 Å². The van der Waals surface area contributed by atoms with Gasteiger partial charge in [0, 0.05) is 6.54 Å². The van der Waals surface area contributed by atoms with E-state index in [1.807, 2.05) is 44.2 Å². The number of hydrogen-bond donors (Lipinski definition) is 1. The van der Waals surface area contributed by atoms with Gasteiger partial charge in [0.2, 0.25) is 15.9 Å². The van der Waals surface area contributed by atoms with Crippen LogP contribution in [-0.4, -0.2) is 37.0 Å². The largest absolute Gasteiger partial charge is 0.348 e. The van der Waals surface area contributed by atoms with E-state index in [1.165, 1.54) is 4.31 Å². The molecule has 22 heavy (non-hydrogen) atoms. The van der Waals surface area contributed by atoms with E-state index in [-0.39, 0.29) is 17.7 Å². The summed E-state index contributed by atoms with van der Waals surface area (Å²) < 4.78 is 25.9. The van der Waals surface area contributed by atoms with Gasteiger partial charge >= 0.3 is 0 Å². The summed E-state index contributed by atoms with van der Waals surface area (Å²) in [5.41, 5.74) is 1.01. The van der Waals surface area contributed by atoms with Gasteiger partial charge in [-0.2, -0.15) is 4.31 Å². The van der Waals surface area contributed by atoms with Gasteiger partial charge in [0.1, 0.15) is 6.04 Å². The van der Waals surface area contributed by atoms with E-state index in [2.05, 4.69) is 5.32 Å². The molecule has 5 nitrogen and oxygen atoms in total. The second kappa shape index (κ2) is 7.24. The molecule has 1 heterocycles. The summed E-state index contributed by atoms with van der Waals surface area (Å²) in [5.74, 6) is -0.0982. The van der Waals surface area contributed by atoms with E-state index < -0.39 is 16.1 Å². The molecule has 1 aromatic rings. The highest BCUT2D eigenvalue weighted by Crippen LogP contribution is 2.23. The lowest BCUT2D eigenvalue weighted by Gasteiger charge is -2.25. The first-order chi connectivity index (χ1) is 10.5. The standard InChI is InChI=1S/C16H24N2O3S/c1-3-12-22(20,21)18-11-7-10-15(18)16(19)17-13(2)14-8-5-4-6-9-14/h4-6,8-9,13,15H,3,7,10-12H2,1-2H3,(H,17,19)/t13-,15+/m1/s1. The Kier molecular flexibility index (Phi) is 5.58. The quantitative estimate of drug-likeness (QED) is 0.871. The molecule has 1 aliphatic rings. The zero-order chi connectivity index (χ0) is 16.2. The second-order valence-electron chi connectivity index (χ2n) is 5.73. The molecular weight excluding hydrogens is 300 g/mol. The molecule has 0 bridgehead atoms. The van der Waals surface area contributed by atoms with Crippen LogP contribution in [0.2, 0.25) is 0 Å². The third-order valence-corrected chi connectivity index (χ3v) is 6.06. The van der Waals surface area contributed by atoms with Crippen molar-refractivity contribution in [1.29, 1.82) is 0 Å². The zero-order valence-electron chi connectivity index (χ0n) is 13.2. The summed E-state index contributed by atoms with van der Waals surface area (Å²) in [6, 6.07) is 8.97. The maximum absolute atomic E-state index is 12.5. The molecule has 2 atom stereocenters. The molecule has 0 aliphatic carbocycles. The van der Waals surface area contributed by atoms with Crippen molar-refractivity contribution >= 4 is 15.9 Å². The Hall–Kier alpha value is -1.40. The lowest BCUT2D eigenvalue weighted by atomic mass is 10.1. The Bertz CT molecular complexity index is 601. The minimum absolute atomic E-state index is 0.102. The summed E-state index contributed by atoms with van der Waals surface area (Å²) in [6.07, 6.45) is 1.89. The van der Waals surface area contributed by atoms with Crippen LogP contribution in [0.4, 0.5) is 0 Å². The number of amides is 1. The summed E-state index contributed by atoms with van der Waals surface area (Å²) in [5, 5.41) is 2.94. The van der Waals surface area contributed by atoms with Crippen molar-refractivity contribution in [3.63, 3.8) is 0 Å². The lowest BCUT2D eigenvalue weighted by molar-refractivity contribution is -0.124. The van der Waals surface area contributed by atoms with Crippen molar-refractivity contribution in [1.82, 2.24) is 9.62 Å².